The minimum Gasteiger partial charge on any atom is -0.508 e. The highest BCUT2D eigenvalue weighted by Gasteiger charge is 2.38. The van der Waals surface area contributed by atoms with Gasteiger partial charge in [-0.1, -0.05) is 85.4 Å². The quantitative estimate of drug-likeness (QED) is 0.108. The molecule has 0 spiro atoms. The number of thioether (sulfide) groups is 1. The summed E-state index contributed by atoms with van der Waals surface area (Å²) >= 11 is 1.48. The Hall–Kier alpha value is -5.08. The van der Waals surface area contributed by atoms with Crippen molar-refractivity contribution in [2.24, 2.45) is 5.92 Å². The van der Waals surface area contributed by atoms with Gasteiger partial charge in [-0.3, -0.25) is 9.59 Å². The third kappa shape index (κ3) is 8.81. The Morgan fingerprint density at radius 2 is 1.67 bits per heavy atom. The lowest BCUT2D eigenvalue weighted by Gasteiger charge is -2.41. The molecular formula is C38H39N5O7S. The molecule has 5 atom stereocenters. The molecule has 5 aromatic rings. The number of hydrogen-bond acceptors (Lipinski definition) is 11. The second kappa shape index (κ2) is 16.3. The lowest BCUT2D eigenvalue weighted by Crippen LogP contribution is -2.38. The number of phenolic OH excluding ortho intramolecular Hbond substituents is 1. The van der Waals surface area contributed by atoms with Gasteiger partial charge in [-0.15, -0.1) is 5.10 Å². The number of ether oxygens (including phenoxy) is 3. The molecule has 1 aromatic heterocycles. The van der Waals surface area contributed by atoms with E-state index in [-0.39, 0.29) is 36.4 Å². The number of nitrogens with one attached hydrogen (secondary N) is 1. The zero-order chi connectivity index (χ0) is 35.9. The molecule has 1 fully saturated rings. The van der Waals surface area contributed by atoms with Crippen LogP contribution in [0, 0.1) is 5.92 Å². The van der Waals surface area contributed by atoms with Crippen molar-refractivity contribution in [3.63, 3.8) is 0 Å². The molecule has 0 saturated carbocycles. The number of nitrogens with zero attached hydrogens (tertiary/aromatic N) is 4. The summed E-state index contributed by atoms with van der Waals surface area (Å²) in [6, 6.07) is 30.3. The van der Waals surface area contributed by atoms with E-state index < -0.39 is 18.4 Å². The SMILES string of the molecule is CC(=O)O[C@@H](C)C(=O)NCc1cccc(-c2ccc([C@H]3O[C@@H](CSc4nnnn4-c4ccc(O)cc4)[C@@H](C)[C@@H](c4ccc(CO)cc4)O3)cc2)c1. The molecule has 0 radical (unpaired) electrons. The summed E-state index contributed by atoms with van der Waals surface area (Å²) in [5.74, 6) is -0.201. The van der Waals surface area contributed by atoms with Crippen molar-refractivity contribution in [1.29, 1.82) is 0 Å². The highest BCUT2D eigenvalue weighted by molar-refractivity contribution is 7.99. The van der Waals surface area contributed by atoms with E-state index in [9.17, 15) is 19.8 Å². The molecule has 0 unspecified atom stereocenters. The van der Waals surface area contributed by atoms with Crippen LogP contribution in [0.2, 0.25) is 0 Å². The number of carbonyl (C=O) groups excluding carboxylic acids is 2. The molecule has 51 heavy (non-hydrogen) atoms. The summed E-state index contributed by atoms with van der Waals surface area (Å²) in [6.07, 6.45) is -2.05. The second-order valence-corrected chi connectivity index (χ2v) is 13.3. The van der Waals surface area contributed by atoms with Crippen LogP contribution in [0.3, 0.4) is 0 Å². The third-order valence-electron chi connectivity index (χ3n) is 8.66. The maximum Gasteiger partial charge on any atom is 0.303 e. The predicted octanol–water partition coefficient (Wildman–Crippen LogP) is 5.68. The van der Waals surface area contributed by atoms with Crippen molar-refractivity contribution in [1.82, 2.24) is 25.5 Å². The normalized spacial score (nSPS) is 19.3. The number of aliphatic hydroxyl groups is 1. The number of phenols is 1. The number of aromatic nitrogens is 4. The molecule has 13 heteroatoms. The van der Waals surface area contributed by atoms with E-state index in [4.69, 9.17) is 14.2 Å². The van der Waals surface area contributed by atoms with Crippen LogP contribution in [0.25, 0.3) is 16.8 Å². The van der Waals surface area contributed by atoms with Gasteiger partial charge in [0.05, 0.1) is 24.5 Å². The molecule has 12 nitrogen and oxygen atoms in total. The molecule has 0 bridgehead atoms. The minimum absolute atomic E-state index is 0.0359. The smallest absolute Gasteiger partial charge is 0.303 e. The van der Waals surface area contributed by atoms with Crippen LogP contribution in [0.15, 0.2) is 102 Å². The Morgan fingerprint density at radius 3 is 2.37 bits per heavy atom. The fourth-order valence-corrected chi connectivity index (χ4v) is 6.87. The summed E-state index contributed by atoms with van der Waals surface area (Å²) < 4.78 is 19.9. The minimum atomic E-state index is -0.870. The lowest BCUT2D eigenvalue weighted by molar-refractivity contribution is -0.268. The first kappa shape index (κ1) is 35.7. The van der Waals surface area contributed by atoms with Crippen LogP contribution in [-0.4, -0.2) is 60.3 Å². The molecule has 6 rings (SSSR count). The van der Waals surface area contributed by atoms with E-state index >= 15 is 0 Å². The Morgan fingerprint density at radius 1 is 0.941 bits per heavy atom. The number of amides is 1. The first-order valence-electron chi connectivity index (χ1n) is 16.5. The van der Waals surface area contributed by atoms with Gasteiger partial charge in [0.15, 0.2) is 12.4 Å². The van der Waals surface area contributed by atoms with Crippen molar-refractivity contribution in [3.8, 4) is 22.6 Å². The summed E-state index contributed by atoms with van der Waals surface area (Å²) in [6.45, 7) is 5.16. The number of tetrazole rings is 1. The van der Waals surface area contributed by atoms with E-state index in [2.05, 4.69) is 27.8 Å². The number of aliphatic hydroxyl groups excluding tert-OH is 1. The Bertz CT molecular complexity index is 1940. The van der Waals surface area contributed by atoms with Crippen molar-refractivity contribution in [2.45, 2.75) is 63.7 Å². The van der Waals surface area contributed by atoms with Crippen molar-refractivity contribution >= 4 is 23.6 Å². The Balaban J connectivity index is 1.19. The zero-order valence-corrected chi connectivity index (χ0v) is 29.2. The summed E-state index contributed by atoms with van der Waals surface area (Å²) in [5, 5.41) is 35.0. The monoisotopic (exact) mass is 709 g/mol. The molecule has 1 aliphatic heterocycles. The van der Waals surface area contributed by atoms with Crippen molar-refractivity contribution in [3.05, 3.63) is 119 Å². The van der Waals surface area contributed by atoms with Crippen molar-refractivity contribution < 1.29 is 34.0 Å². The van der Waals surface area contributed by atoms with Gasteiger partial charge in [0.25, 0.3) is 5.91 Å². The molecular weight excluding hydrogens is 671 g/mol. The highest BCUT2D eigenvalue weighted by Crippen LogP contribution is 2.43. The molecule has 3 N–H and O–H groups in total. The molecule has 264 valence electrons. The molecule has 1 aliphatic rings. The third-order valence-corrected chi connectivity index (χ3v) is 9.67. The van der Waals surface area contributed by atoms with Gasteiger partial charge in [-0.2, -0.15) is 4.68 Å². The van der Waals surface area contributed by atoms with Gasteiger partial charge in [0, 0.05) is 30.7 Å². The standard InChI is InChI=1S/C38H39N5O7S/c1-23-34(22-51-38-40-41-42-43(38)32-15-17-33(46)18-16-32)49-37(50-35(23)29-9-7-26(21-44)8-10-29)30-13-11-28(12-14-30)31-6-4-5-27(19-31)20-39-36(47)24(2)48-25(3)45/h4-19,23-24,34-35,37,44,46H,20-22H2,1-3H3,(H,39,47)/t23-,24+,34+,35+,37+/m1/s1. The molecule has 2 heterocycles. The van der Waals surface area contributed by atoms with Crippen LogP contribution in [0.1, 0.15) is 55.4 Å². The van der Waals surface area contributed by atoms with Gasteiger partial charge in [-0.05, 0) is 75.5 Å². The molecule has 0 aliphatic carbocycles. The highest BCUT2D eigenvalue weighted by atomic mass is 32.2. The average Bonchev–Trinajstić information content (AvgIpc) is 3.62. The number of hydrogen-bond donors (Lipinski definition) is 3. The first-order valence-corrected chi connectivity index (χ1v) is 17.5. The largest absolute Gasteiger partial charge is 0.508 e. The number of benzene rings is 4. The van der Waals surface area contributed by atoms with E-state index in [1.165, 1.54) is 25.6 Å². The van der Waals surface area contributed by atoms with Gasteiger partial charge in [-0.25, -0.2) is 0 Å². The van der Waals surface area contributed by atoms with Crippen LogP contribution < -0.4 is 5.32 Å². The Kier molecular flexibility index (Phi) is 11.4. The van der Waals surface area contributed by atoms with Gasteiger partial charge >= 0.3 is 5.97 Å². The van der Waals surface area contributed by atoms with Gasteiger partial charge in [0.2, 0.25) is 5.16 Å². The van der Waals surface area contributed by atoms with Crippen LogP contribution in [0.5, 0.6) is 5.75 Å². The topological polar surface area (TPSA) is 158 Å². The second-order valence-electron chi connectivity index (χ2n) is 12.3. The van der Waals surface area contributed by atoms with E-state index in [0.717, 1.165) is 39.1 Å². The first-order chi connectivity index (χ1) is 24.7. The predicted molar refractivity (Wildman–Crippen MR) is 189 cm³/mol. The van der Waals surface area contributed by atoms with E-state index in [1.54, 1.807) is 28.9 Å². The van der Waals surface area contributed by atoms with E-state index in [0.29, 0.717) is 17.5 Å². The van der Waals surface area contributed by atoms with Gasteiger partial charge < -0.3 is 29.7 Å². The maximum atomic E-state index is 12.3. The summed E-state index contributed by atoms with van der Waals surface area (Å²) in [4.78, 5) is 23.5. The van der Waals surface area contributed by atoms with Crippen LogP contribution in [-0.2, 0) is 37.0 Å². The fourth-order valence-electron chi connectivity index (χ4n) is 5.82. The number of esters is 1. The lowest BCUT2D eigenvalue weighted by atomic mass is 9.91. The average molecular weight is 710 g/mol. The number of aromatic hydroxyl groups is 1. The van der Waals surface area contributed by atoms with Crippen molar-refractivity contribution in [2.75, 3.05) is 5.75 Å². The number of carbonyl (C=O) groups is 2. The Labute approximate surface area is 299 Å². The number of rotatable bonds is 12. The zero-order valence-electron chi connectivity index (χ0n) is 28.4. The van der Waals surface area contributed by atoms with E-state index in [1.807, 2.05) is 72.8 Å². The molecule has 4 aromatic carbocycles. The molecule has 1 saturated heterocycles. The summed E-state index contributed by atoms with van der Waals surface area (Å²) in [5.41, 5.74) is 6.25. The fraction of sp³-hybridized carbons (Fsp3) is 0.289. The maximum absolute atomic E-state index is 12.3. The summed E-state index contributed by atoms with van der Waals surface area (Å²) in [7, 11) is 0. The van der Waals surface area contributed by atoms with Crippen LogP contribution >= 0.6 is 11.8 Å². The van der Waals surface area contributed by atoms with Crippen LogP contribution in [0.4, 0.5) is 0 Å². The van der Waals surface area contributed by atoms with Gasteiger partial charge in [0.1, 0.15) is 5.75 Å². The molecule has 1 amide bonds.